The second kappa shape index (κ2) is 4.77. The summed E-state index contributed by atoms with van der Waals surface area (Å²) < 4.78 is 1.88. The van der Waals surface area contributed by atoms with Crippen LogP contribution in [-0.4, -0.2) is 14.5 Å². The lowest BCUT2D eigenvalue weighted by Gasteiger charge is -2.07. The maximum atomic E-state index is 11.2. The summed E-state index contributed by atoms with van der Waals surface area (Å²) in [4.78, 5) is 15.2. The molecule has 0 aliphatic rings. The van der Waals surface area contributed by atoms with Crippen LogP contribution in [0.4, 0.5) is 5.69 Å². The van der Waals surface area contributed by atoms with Gasteiger partial charge < -0.3 is 4.57 Å². The third-order valence-electron chi connectivity index (χ3n) is 3.40. The van der Waals surface area contributed by atoms with Crippen molar-refractivity contribution in [3.8, 4) is 0 Å². The summed E-state index contributed by atoms with van der Waals surface area (Å²) in [5, 5.41) is 12.0. The van der Waals surface area contributed by atoms with Gasteiger partial charge in [-0.1, -0.05) is 18.2 Å². The van der Waals surface area contributed by atoms with Gasteiger partial charge in [-0.2, -0.15) is 0 Å². The first-order valence-electron chi connectivity index (χ1n) is 6.29. The van der Waals surface area contributed by atoms with E-state index < -0.39 is 0 Å². The average molecular weight is 267 g/mol. The highest BCUT2D eigenvalue weighted by molar-refractivity contribution is 5.88. The van der Waals surface area contributed by atoms with Gasteiger partial charge >= 0.3 is 0 Å². The topological polar surface area (TPSA) is 61.0 Å². The Bertz CT molecular complexity index is 793. The van der Waals surface area contributed by atoms with Crippen molar-refractivity contribution in [2.45, 2.75) is 13.5 Å². The van der Waals surface area contributed by atoms with Crippen molar-refractivity contribution in [2.75, 3.05) is 0 Å². The maximum Gasteiger partial charge on any atom is 0.293 e. The molecule has 0 fully saturated rings. The van der Waals surface area contributed by atoms with Crippen LogP contribution < -0.4 is 0 Å². The van der Waals surface area contributed by atoms with Crippen molar-refractivity contribution in [1.29, 1.82) is 0 Å². The minimum atomic E-state index is -0.343. The van der Waals surface area contributed by atoms with Gasteiger partial charge in [-0.25, -0.2) is 0 Å². The lowest BCUT2D eigenvalue weighted by molar-refractivity contribution is -0.383. The lowest BCUT2D eigenvalue weighted by atomic mass is 10.2. The monoisotopic (exact) mass is 267 g/mol. The molecular formula is C15H13N3O2. The van der Waals surface area contributed by atoms with Gasteiger partial charge in [0, 0.05) is 23.8 Å². The predicted octanol–water partition coefficient (Wildman–Crippen LogP) is 3.30. The Labute approximate surface area is 115 Å². The van der Waals surface area contributed by atoms with Gasteiger partial charge in [0.1, 0.15) is 5.52 Å². The Morgan fingerprint density at radius 1 is 1.25 bits per heavy atom. The molecule has 0 atom stereocenters. The molecule has 0 saturated carbocycles. The van der Waals surface area contributed by atoms with E-state index in [0.29, 0.717) is 12.1 Å². The Morgan fingerprint density at radius 3 is 2.85 bits per heavy atom. The number of nitrogens with zero attached hydrogens (tertiary/aromatic N) is 3. The summed E-state index contributed by atoms with van der Waals surface area (Å²) in [6, 6.07) is 10.9. The van der Waals surface area contributed by atoms with Crippen LogP contribution in [-0.2, 0) is 6.54 Å². The molecule has 0 spiro atoms. The highest BCUT2D eigenvalue weighted by atomic mass is 16.6. The van der Waals surface area contributed by atoms with Crippen molar-refractivity contribution < 1.29 is 4.92 Å². The van der Waals surface area contributed by atoms with Crippen LogP contribution in [0.5, 0.6) is 0 Å². The molecule has 1 aromatic carbocycles. The third kappa shape index (κ3) is 2.03. The molecule has 0 saturated heterocycles. The standard InChI is InChI=1S/C15H13N3O2/c1-11-4-3-8-16-13(11)10-17-9-7-12-5-2-6-14(15(12)17)18(19)20/h2-9H,10H2,1H3. The van der Waals surface area contributed by atoms with Crippen LogP contribution in [0.25, 0.3) is 10.9 Å². The molecular weight excluding hydrogens is 254 g/mol. The summed E-state index contributed by atoms with van der Waals surface area (Å²) in [6.45, 7) is 2.52. The number of fused-ring (bicyclic) bond motifs is 1. The molecule has 3 aromatic rings. The number of aryl methyl sites for hydroxylation is 1. The van der Waals surface area contributed by atoms with E-state index >= 15 is 0 Å². The molecule has 2 heterocycles. The molecule has 5 nitrogen and oxygen atoms in total. The SMILES string of the molecule is Cc1cccnc1Cn1ccc2cccc([N+](=O)[O-])c21. The van der Waals surface area contributed by atoms with E-state index in [2.05, 4.69) is 4.98 Å². The molecule has 0 unspecified atom stereocenters. The number of pyridine rings is 1. The van der Waals surface area contributed by atoms with Crippen LogP contribution in [0.15, 0.2) is 48.8 Å². The average Bonchev–Trinajstić information content (AvgIpc) is 2.84. The van der Waals surface area contributed by atoms with E-state index in [4.69, 9.17) is 0 Å². The molecule has 0 aliphatic heterocycles. The fraction of sp³-hybridized carbons (Fsp3) is 0.133. The quantitative estimate of drug-likeness (QED) is 0.540. The number of non-ortho nitro benzene ring substituents is 1. The van der Waals surface area contributed by atoms with E-state index in [1.807, 2.05) is 42.0 Å². The lowest BCUT2D eigenvalue weighted by Crippen LogP contribution is -2.03. The largest absolute Gasteiger partial charge is 0.336 e. The number of aromatic nitrogens is 2. The Balaban J connectivity index is 2.13. The summed E-state index contributed by atoms with van der Waals surface area (Å²) in [7, 11) is 0. The molecule has 0 aliphatic carbocycles. The molecule has 20 heavy (non-hydrogen) atoms. The van der Waals surface area contributed by atoms with E-state index in [-0.39, 0.29) is 10.6 Å². The van der Waals surface area contributed by atoms with Gasteiger partial charge in [0.05, 0.1) is 17.2 Å². The van der Waals surface area contributed by atoms with Crippen molar-refractivity contribution in [3.05, 3.63) is 70.2 Å². The van der Waals surface area contributed by atoms with Gasteiger partial charge in [0.15, 0.2) is 0 Å². The molecule has 3 rings (SSSR count). The maximum absolute atomic E-state index is 11.2. The minimum Gasteiger partial charge on any atom is -0.336 e. The van der Waals surface area contributed by atoms with Crippen LogP contribution in [0.3, 0.4) is 0 Å². The highest BCUT2D eigenvalue weighted by Crippen LogP contribution is 2.27. The number of benzene rings is 1. The number of rotatable bonds is 3. The molecule has 5 heteroatoms. The molecule has 0 radical (unpaired) electrons. The molecule has 0 bridgehead atoms. The number of hydrogen-bond acceptors (Lipinski definition) is 3. The summed E-state index contributed by atoms with van der Waals surface area (Å²) in [5.74, 6) is 0. The van der Waals surface area contributed by atoms with Gasteiger partial charge in [-0.15, -0.1) is 0 Å². The van der Waals surface area contributed by atoms with Crippen LogP contribution in [0.2, 0.25) is 0 Å². The van der Waals surface area contributed by atoms with E-state index in [1.54, 1.807) is 12.3 Å². The first-order valence-corrected chi connectivity index (χ1v) is 6.29. The Hall–Kier alpha value is -2.69. The van der Waals surface area contributed by atoms with Crippen LogP contribution in [0.1, 0.15) is 11.3 Å². The van der Waals surface area contributed by atoms with Gasteiger partial charge in [-0.3, -0.25) is 15.1 Å². The van der Waals surface area contributed by atoms with Crippen LogP contribution >= 0.6 is 0 Å². The van der Waals surface area contributed by atoms with Crippen molar-refractivity contribution in [1.82, 2.24) is 9.55 Å². The van der Waals surface area contributed by atoms with Crippen LogP contribution in [0, 0.1) is 17.0 Å². The zero-order valence-corrected chi connectivity index (χ0v) is 11.0. The van der Waals surface area contributed by atoms with Crippen molar-refractivity contribution >= 4 is 16.6 Å². The Kier molecular flexibility index (Phi) is 2.95. The Morgan fingerprint density at radius 2 is 2.10 bits per heavy atom. The fourth-order valence-corrected chi connectivity index (χ4v) is 2.37. The van der Waals surface area contributed by atoms with Gasteiger partial charge in [0.2, 0.25) is 0 Å². The van der Waals surface area contributed by atoms with E-state index in [1.165, 1.54) is 6.07 Å². The minimum absolute atomic E-state index is 0.126. The fourth-order valence-electron chi connectivity index (χ4n) is 2.37. The second-order valence-corrected chi connectivity index (χ2v) is 4.68. The first kappa shape index (κ1) is 12.3. The van der Waals surface area contributed by atoms with Gasteiger partial charge in [-0.05, 0) is 24.6 Å². The third-order valence-corrected chi connectivity index (χ3v) is 3.40. The van der Waals surface area contributed by atoms with E-state index in [9.17, 15) is 10.1 Å². The van der Waals surface area contributed by atoms with Gasteiger partial charge in [0.25, 0.3) is 5.69 Å². The smallest absolute Gasteiger partial charge is 0.293 e. The normalized spacial score (nSPS) is 10.8. The van der Waals surface area contributed by atoms with Crippen molar-refractivity contribution in [3.63, 3.8) is 0 Å². The summed E-state index contributed by atoms with van der Waals surface area (Å²) in [6.07, 6.45) is 3.61. The number of nitro groups is 1. The number of nitro benzene ring substituents is 1. The molecule has 2 aromatic heterocycles. The van der Waals surface area contributed by atoms with Crippen molar-refractivity contribution in [2.24, 2.45) is 0 Å². The molecule has 0 N–H and O–H groups in total. The predicted molar refractivity (Wildman–Crippen MR) is 76.7 cm³/mol. The highest BCUT2D eigenvalue weighted by Gasteiger charge is 2.15. The summed E-state index contributed by atoms with van der Waals surface area (Å²) in [5.41, 5.74) is 2.76. The zero-order chi connectivity index (χ0) is 14.1. The number of hydrogen-bond donors (Lipinski definition) is 0. The number of para-hydroxylation sites is 1. The molecule has 100 valence electrons. The van der Waals surface area contributed by atoms with E-state index in [0.717, 1.165) is 16.6 Å². The first-order chi connectivity index (χ1) is 9.66. The molecule has 0 amide bonds. The summed E-state index contributed by atoms with van der Waals surface area (Å²) >= 11 is 0. The second-order valence-electron chi connectivity index (χ2n) is 4.68. The zero-order valence-electron chi connectivity index (χ0n) is 11.0.